The van der Waals surface area contributed by atoms with Crippen molar-refractivity contribution in [3.63, 3.8) is 0 Å². The highest BCUT2D eigenvalue weighted by atomic mass is 16.3. The molecule has 0 radical (unpaired) electrons. The van der Waals surface area contributed by atoms with Crippen LogP contribution in [0.1, 0.15) is 31.2 Å². The lowest BCUT2D eigenvalue weighted by molar-refractivity contribution is 0.191. The Morgan fingerprint density at radius 2 is 2.05 bits per heavy atom. The predicted molar refractivity (Wildman–Crippen MR) is 77.1 cm³/mol. The van der Waals surface area contributed by atoms with Gasteiger partial charge in [-0.05, 0) is 50.8 Å². The zero-order valence-electron chi connectivity index (χ0n) is 11.5. The number of hydrogen-bond donors (Lipinski definition) is 2. The molecular formula is C16H24N2O. The van der Waals surface area contributed by atoms with Gasteiger partial charge in [-0.1, -0.05) is 18.2 Å². The molecule has 1 atom stereocenters. The minimum Gasteiger partial charge on any atom is -0.508 e. The Morgan fingerprint density at radius 1 is 1.21 bits per heavy atom. The van der Waals surface area contributed by atoms with E-state index in [1.54, 1.807) is 6.07 Å². The molecule has 1 unspecified atom stereocenters. The van der Waals surface area contributed by atoms with Crippen LogP contribution < -0.4 is 5.32 Å². The highest BCUT2D eigenvalue weighted by Crippen LogP contribution is 2.31. The van der Waals surface area contributed by atoms with Gasteiger partial charge >= 0.3 is 0 Å². The maximum Gasteiger partial charge on any atom is 0.120 e. The van der Waals surface area contributed by atoms with E-state index >= 15 is 0 Å². The van der Waals surface area contributed by atoms with E-state index in [1.165, 1.54) is 38.8 Å². The van der Waals surface area contributed by atoms with Crippen LogP contribution in [0.15, 0.2) is 24.3 Å². The van der Waals surface area contributed by atoms with Crippen molar-refractivity contribution in [2.45, 2.75) is 38.3 Å². The zero-order valence-corrected chi connectivity index (χ0v) is 11.5. The number of phenolic OH excluding ortho intramolecular Hbond substituents is 1. The minimum absolute atomic E-state index is 0.440. The molecule has 2 fully saturated rings. The first-order chi connectivity index (χ1) is 9.33. The molecule has 0 amide bonds. The Balaban J connectivity index is 1.62. The second kappa shape index (κ2) is 5.93. The van der Waals surface area contributed by atoms with Crippen molar-refractivity contribution in [3.8, 4) is 5.75 Å². The number of rotatable bonds is 5. The van der Waals surface area contributed by atoms with Gasteiger partial charge in [-0.15, -0.1) is 0 Å². The first-order valence-corrected chi connectivity index (χ1v) is 7.54. The van der Waals surface area contributed by atoms with Gasteiger partial charge in [0.15, 0.2) is 0 Å². The highest BCUT2D eigenvalue weighted by molar-refractivity contribution is 5.31. The number of phenols is 1. The molecule has 3 nitrogen and oxygen atoms in total. The van der Waals surface area contributed by atoms with Gasteiger partial charge in [-0.25, -0.2) is 0 Å². The van der Waals surface area contributed by atoms with Crippen molar-refractivity contribution in [3.05, 3.63) is 29.8 Å². The van der Waals surface area contributed by atoms with Crippen LogP contribution in [0.2, 0.25) is 0 Å². The number of aromatic hydroxyl groups is 1. The van der Waals surface area contributed by atoms with Crippen LogP contribution >= 0.6 is 0 Å². The molecule has 104 valence electrons. The summed E-state index contributed by atoms with van der Waals surface area (Å²) in [6, 6.07) is 8.50. The Kier molecular flexibility index (Phi) is 4.04. The molecule has 1 aliphatic heterocycles. The largest absolute Gasteiger partial charge is 0.508 e. The molecule has 1 saturated carbocycles. The van der Waals surface area contributed by atoms with E-state index in [4.69, 9.17) is 0 Å². The Labute approximate surface area is 115 Å². The summed E-state index contributed by atoms with van der Waals surface area (Å²) in [4.78, 5) is 2.58. The summed E-state index contributed by atoms with van der Waals surface area (Å²) in [5, 5.41) is 13.4. The molecule has 0 bridgehead atoms. The van der Waals surface area contributed by atoms with Crippen molar-refractivity contribution >= 4 is 0 Å². The van der Waals surface area contributed by atoms with Crippen LogP contribution in [0.4, 0.5) is 0 Å². The molecule has 1 aromatic carbocycles. The van der Waals surface area contributed by atoms with Gasteiger partial charge in [0.2, 0.25) is 0 Å². The van der Waals surface area contributed by atoms with Crippen LogP contribution in [0.5, 0.6) is 5.75 Å². The van der Waals surface area contributed by atoms with Crippen LogP contribution in [-0.4, -0.2) is 35.7 Å². The zero-order chi connectivity index (χ0) is 13.1. The molecule has 1 aliphatic carbocycles. The van der Waals surface area contributed by atoms with Crippen LogP contribution in [-0.2, 0) is 6.54 Å². The number of benzene rings is 1. The third-order valence-electron chi connectivity index (χ3n) is 4.32. The van der Waals surface area contributed by atoms with Crippen LogP contribution in [0.25, 0.3) is 0 Å². The average molecular weight is 260 g/mol. The van der Waals surface area contributed by atoms with E-state index in [0.717, 1.165) is 30.6 Å². The second-order valence-electron chi connectivity index (χ2n) is 6.00. The molecule has 3 heteroatoms. The fourth-order valence-electron chi connectivity index (χ4n) is 3.06. The van der Waals surface area contributed by atoms with E-state index in [-0.39, 0.29) is 0 Å². The Morgan fingerprint density at radius 3 is 2.74 bits per heavy atom. The van der Waals surface area contributed by atoms with Gasteiger partial charge < -0.3 is 10.4 Å². The SMILES string of the molecule is Oc1ccccc1CN(CC1CCCNC1)C1CC1. The monoisotopic (exact) mass is 260 g/mol. The molecule has 3 rings (SSSR count). The number of para-hydroxylation sites is 1. The third-order valence-corrected chi connectivity index (χ3v) is 4.32. The normalized spacial score (nSPS) is 23.7. The van der Waals surface area contributed by atoms with Crippen molar-refractivity contribution in [2.24, 2.45) is 5.92 Å². The maximum atomic E-state index is 9.93. The topological polar surface area (TPSA) is 35.5 Å². The summed E-state index contributed by atoms with van der Waals surface area (Å²) in [5.74, 6) is 1.22. The van der Waals surface area contributed by atoms with Crippen LogP contribution in [0, 0.1) is 5.92 Å². The van der Waals surface area contributed by atoms with Gasteiger partial charge in [0.25, 0.3) is 0 Å². The molecule has 2 N–H and O–H groups in total. The molecule has 1 heterocycles. The smallest absolute Gasteiger partial charge is 0.120 e. The summed E-state index contributed by atoms with van der Waals surface area (Å²) in [6.07, 6.45) is 5.30. The van der Waals surface area contributed by atoms with Gasteiger partial charge in [-0.3, -0.25) is 4.90 Å². The average Bonchev–Trinajstić information content (AvgIpc) is 3.26. The van der Waals surface area contributed by atoms with E-state index in [1.807, 2.05) is 18.2 Å². The summed E-state index contributed by atoms with van der Waals surface area (Å²) in [5.41, 5.74) is 1.07. The molecule has 0 spiro atoms. The van der Waals surface area contributed by atoms with Crippen molar-refractivity contribution in [2.75, 3.05) is 19.6 Å². The fraction of sp³-hybridized carbons (Fsp3) is 0.625. The lowest BCUT2D eigenvalue weighted by Crippen LogP contribution is -2.39. The number of hydrogen-bond acceptors (Lipinski definition) is 3. The summed E-state index contributed by atoms with van der Waals surface area (Å²) in [6.45, 7) is 4.41. The van der Waals surface area contributed by atoms with E-state index in [0.29, 0.717) is 5.75 Å². The number of nitrogens with one attached hydrogen (secondary N) is 1. The van der Waals surface area contributed by atoms with Gasteiger partial charge in [0, 0.05) is 24.7 Å². The van der Waals surface area contributed by atoms with Gasteiger partial charge in [0.1, 0.15) is 5.75 Å². The molecule has 1 saturated heterocycles. The van der Waals surface area contributed by atoms with E-state index < -0.39 is 0 Å². The Hall–Kier alpha value is -1.06. The fourth-order valence-corrected chi connectivity index (χ4v) is 3.06. The van der Waals surface area contributed by atoms with E-state index in [9.17, 15) is 5.11 Å². The lowest BCUT2D eigenvalue weighted by atomic mass is 9.98. The summed E-state index contributed by atoms with van der Waals surface area (Å²) >= 11 is 0. The predicted octanol–water partition coefficient (Wildman–Crippen LogP) is 2.36. The van der Waals surface area contributed by atoms with Crippen molar-refractivity contribution in [1.29, 1.82) is 0 Å². The molecule has 2 aliphatic rings. The lowest BCUT2D eigenvalue weighted by Gasteiger charge is -2.30. The third kappa shape index (κ3) is 3.48. The molecule has 1 aromatic rings. The van der Waals surface area contributed by atoms with Crippen LogP contribution in [0.3, 0.4) is 0 Å². The van der Waals surface area contributed by atoms with E-state index in [2.05, 4.69) is 10.2 Å². The highest BCUT2D eigenvalue weighted by Gasteiger charge is 2.31. The second-order valence-corrected chi connectivity index (χ2v) is 6.00. The molecule has 19 heavy (non-hydrogen) atoms. The summed E-state index contributed by atoms with van der Waals surface area (Å²) < 4.78 is 0. The minimum atomic E-state index is 0.440. The van der Waals surface area contributed by atoms with Gasteiger partial charge in [0.05, 0.1) is 0 Å². The Bertz CT molecular complexity index is 411. The van der Waals surface area contributed by atoms with Crippen molar-refractivity contribution in [1.82, 2.24) is 10.2 Å². The first kappa shape index (κ1) is 12.9. The quantitative estimate of drug-likeness (QED) is 0.853. The number of nitrogens with zero attached hydrogens (tertiary/aromatic N) is 1. The first-order valence-electron chi connectivity index (χ1n) is 7.54. The maximum absolute atomic E-state index is 9.93. The molecule has 0 aromatic heterocycles. The summed E-state index contributed by atoms with van der Waals surface area (Å²) in [7, 11) is 0. The number of piperidine rings is 1. The standard InChI is InChI=1S/C16H24N2O/c19-16-6-2-1-5-14(16)12-18(15-7-8-15)11-13-4-3-9-17-10-13/h1-2,5-6,13,15,17,19H,3-4,7-12H2. The molecular weight excluding hydrogens is 236 g/mol. The van der Waals surface area contributed by atoms with Gasteiger partial charge in [-0.2, -0.15) is 0 Å². The van der Waals surface area contributed by atoms with Crippen molar-refractivity contribution < 1.29 is 5.11 Å².